The van der Waals surface area contributed by atoms with Gasteiger partial charge in [-0.1, -0.05) is 30.3 Å². The largest absolute Gasteiger partial charge is 0.384 e. The normalized spacial score (nSPS) is 10.6. The number of aromatic nitrogens is 2. The third-order valence-corrected chi connectivity index (χ3v) is 3.89. The Kier molecular flexibility index (Phi) is 3.01. The van der Waals surface area contributed by atoms with Gasteiger partial charge in [0.25, 0.3) is 0 Å². The molecule has 4 heteroatoms. The lowest BCUT2D eigenvalue weighted by molar-refractivity contribution is 1.19. The van der Waals surface area contributed by atoms with Gasteiger partial charge in [0.1, 0.15) is 5.82 Å². The van der Waals surface area contributed by atoms with Crippen molar-refractivity contribution < 1.29 is 0 Å². The molecule has 0 unspecified atom stereocenters. The van der Waals surface area contributed by atoms with E-state index in [4.69, 9.17) is 5.73 Å². The minimum absolute atomic E-state index is 0.497. The molecule has 0 aliphatic heterocycles. The Morgan fingerprint density at radius 1 is 1.05 bits per heavy atom. The maximum absolute atomic E-state index is 5.91. The fourth-order valence-electron chi connectivity index (χ4n) is 1.93. The highest BCUT2D eigenvalue weighted by Crippen LogP contribution is 2.29. The molecule has 0 radical (unpaired) electrons. The zero-order valence-corrected chi connectivity index (χ0v) is 11.3. The molecule has 0 atom stereocenters. The number of anilines is 1. The number of thiophene rings is 1. The van der Waals surface area contributed by atoms with Gasteiger partial charge in [-0.15, -0.1) is 11.3 Å². The van der Waals surface area contributed by atoms with Crippen LogP contribution in [0.25, 0.3) is 22.0 Å². The molecule has 2 N–H and O–H groups in total. The van der Waals surface area contributed by atoms with Crippen LogP contribution in [0.4, 0.5) is 5.82 Å². The Bertz CT molecular complexity index is 704. The van der Waals surface area contributed by atoms with Crippen LogP contribution >= 0.6 is 11.3 Å². The molecule has 0 aliphatic rings. The fraction of sp³-hybridized carbons (Fsp3) is 0.0667. The molecule has 0 fully saturated rings. The molecule has 0 bridgehead atoms. The fourth-order valence-corrected chi connectivity index (χ4v) is 2.79. The maximum atomic E-state index is 5.91. The van der Waals surface area contributed by atoms with Crippen molar-refractivity contribution >= 4 is 17.2 Å². The van der Waals surface area contributed by atoms with Crippen LogP contribution in [-0.2, 0) is 0 Å². The third-order valence-electron chi connectivity index (χ3n) is 2.88. The van der Waals surface area contributed by atoms with Crippen molar-refractivity contribution in [2.75, 3.05) is 5.73 Å². The van der Waals surface area contributed by atoms with Gasteiger partial charge in [-0.2, -0.15) is 0 Å². The summed E-state index contributed by atoms with van der Waals surface area (Å²) in [5, 5.41) is 2.04. The highest BCUT2D eigenvalue weighted by Gasteiger charge is 2.10. The molecule has 3 aromatic rings. The monoisotopic (exact) mass is 267 g/mol. The van der Waals surface area contributed by atoms with Crippen molar-refractivity contribution in [1.29, 1.82) is 0 Å². The van der Waals surface area contributed by atoms with Gasteiger partial charge in [0.2, 0.25) is 0 Å². The number of rotatable bonds is 2. The summed E-state index contributed by atoms with van der Waals surface area (Å²) in [5.41, 5.74) is 8.99. The summed E-state index contributed by atoms with van der Waals surface area (Å²) in [5.74, 6) is 1.20. The number of hydrogen-bond acceptors (Lipinski definition) is 4. The van der Waals surface area contributed by atoms with E-state index in [9.17, 15) is 0 Å². The van der Waals surface area contributed by atoms with Crippen LogP contribution in [0.3, 0.4) is 0 Å². The second kappa shape index (κ2) is 4.82. The van der Waals surface area contributed by atoms with Gasteiger partial charge >= 0.3 is 0 Å². The first-order valence-corrected chi connectivity index (χ1v) is 6.86. The highest BCUT2D eigenvalue weighted by atomic mass is 32.1. The average molecular weight is 267 g/mol. The van der Waals surface area contributed by atoms with Gasteiger partial charge in [0.05, 0.1) is 10.6 Å². The summed E-state index contributed by atoms with van der Waals surface area (Å²) in [7, 11) is 0. The molecule has 0 aliphatic carbocycles. The minimum atomic E-state index is 0.497. The summed E-state index contributed by atoms with van der Waals surface area (Å²) in [4.78, 5) is 10.0. The van der Waals surface area contributed by atoms with Crippen molar-refractivity contribution in [2.24, 2.45) is 0 Å². The highest BCUT2D eigenvalue weighted by molar-refractivity contribution is 7.13. The van der Waals surface area contributed by atoms with E-state index in [0.717, 1.165) is 16.1 Å². The minimum Gasteiger partial charge on any atom is -0.384 e. The first-order valence-electron chi connectivity index (χ1n) is 5.98. The van der Waals surface area contributed by atoms with Crippen LogP contribution in [0.5, 0.6) is 0 Å². The van der Waals surface area contributed by atoms with Crippen LogP contribution in [0.2, 0.25) is 0 Å². The van der Waals surface area contributed by atoms with Gasteiger partial charge in [-0.3, -0.25) is 0 Å². The standard InChI is InChI=1S/C15H13N3S/c1-10-7-8-19-14(10)15-17-12(9-13(16)18-15)11-5-3-2-4-6-11/h2-9H,1H3,(H2,16,17,18). The number of nitrogen functional groups attached to an aromatic ring is 1. The molecule has 94 valence electrons. The van der Waals surface area contributed by atoms with Gasteiger partial charge in [-0.25, -0.2) is 9.97 Å². The van der Waals surface area contributed by atoms with Gasteiger partial charge in [0, 0.05) is 11.6 Å². The molecular formula is C15H13N3S. The van der Waals surface area contributed by atoms with Gasteiger partial charge in [0.15, 0.2) is 5.82 Å². The lowest BCUT2D eigenvalue weighted by Crippen LogP contribution is -1.97. The van der Waals surface area contributed by atoms with Crippen molar-refractivity contribution in [3.63, 3.8) is 0 Å². The maximum Gasteiger partial charge on any atom is 0.172 e. The first-order chi connectivity index (χ1) is 9.24. The summed E-state index contributed by atoms with van der Waals surface area (Å²) < 4.78 is 0. The summed E-state index contributed by atoms with van der Waals surface area (Å²) in [6, 6.07) is 13.9. The predicted octanol–water partition coefficient (Wildman–Crippen LogP) is 3.76. The SMILES string of the molecule is Cc1ccsc1-c1nc(N)cc(-c2ccccc2)n1. The first kappa shape index (κ1) is 11.9. The predicted molar refractivity (Wildman–Crippen MR) is 79.9 cm³/mol. The zero-order chi connectivity index (χ0) is 13.2. The van der Waals surface area contributed by atoms with E-state index in [1.54, 1.807) is 11.3 Å². The number of aryl methyl sites for hydroxylation is 1. The molecule has 0 spiro atoms. The van der Waals surface area contributed by atoms with E-state index in [1.165, 1.54) is 5.56 Å². The molecule has 3 nitrogen and oxygen atoms in total. The van der Waals surface area contributed by atoms with Gasteiger partial charge < -0.3 is 5.73 Å². The van der Waals surface area contributed by atoms with E-state index in [2.05, 4.69) is 23.0 Å². The molecule has 19 heavy (non-hydrogen) atoms. The average Bonchev–Trinajstić information content (AvgIpc) is 2.85. The molecule has 3 rings (SSSR count). The van der Waals surface area contributed by atoms with Crippen LogP contribution in [0.15, 0.2) is 47.8 Å². The second-order valence-electron chi connectivity index (χ2n) is 4.30. The van der Waals surface area contributed by atoms with Crippen molar-refractivity contribution in [2.45, 2.75) is 6.92 Å². The summed E-state index contributed by atoms with van der Waals surface area (Å²) >= 11 is 1.63. The van der Waals surface area contributed by atoms with E-state index in [1.807, 2.05) is 41.8 Å². The second-order valence-corrected chi connectivity index (χ2v) is 5.22. The van der Waals surface area contributed by atoms with Crippen LogP contribution < -0.4 is 5.73 Å². The summed E-state index contributed by atoms with van der Waals surface area (Å²) in [6.45, 7) is 2.06. The molecule has 2 heterocycles. The molecule has 1 aromatic carbocycles. The molecule has 0 saturated carbocycles. The molecule has 0 amide bonds. The van der Waals surface area contributed by atoms with Crippen molar-refractivity contribution in [1.82, 2.24) is 9.97 Å². The Morgan fingerprint density at radius 3 is 2.53 bits per heavy atom. The smallest absolute Gasteiger partial charge is 0.172 e. The number of nitrogens with two attached hydrogens (primary N) is 1. The molecular weight excluding hydrogens is 254 g/mol. The van der Waals surface area contributed by atoms with Crippen LogP contribution in [-0.4, -0.2) is 9.97 Å². The number of benzene rings is 1. The Morgan fingerprint density at radius 2 is 1.84 bits per heavy atom. The van der Waals surface area contributed by atoms with E-state index in [0.29, 0.717) is 11.6 Å². The molecule has 2 aromatic heterocycles. The lowest BCUT2D eigenvalue weighted by Gasteiger charge is -2.05. The third kappa shape index (κ3) is 2.35. The topological polar surface area (TPSA) is 51.8 Å². The molecule has 0 saturated heterocycles. The Labute approximate surface area is 115 Å². The van der Waals surface area contributed by atoms with Gasteiger partial charge in [-0.05, 0) is 23.9 Å². The number of hydrogen-bond donors (Lipinski definition) is 1. The van der Waals surface area contributed by atoms with Crippen molar-refractivity contribution in [3.8, 4) is 22.0 Å². The number of nitrogens with zero attached hydrogens (tertiary/aromatic N) is 2. The van der Waals surface area contributed by atoms with Crippen LogP contribution in [0.1, 0.15) is 5.56 Å². The van der Waals surface area contributed by atoms with E-state index in [-0.39, 0.29) is 0 Å². The van der Waals surface area contributed by atoms with E-state index >= 15 is 0 Å². The lowest BCUT2D eigenvalue weighted by atomic mass is 10.1. The summed E-state index contributed by atoms with van der Waals surface area (Å²) in [6.07, 6.45) is 0. The van der Waals surface area contributed by atoms with Crippen molar-refractivity contribution in [3.05, 3.63) is 53.4 Å². The Balaban J connectivity index is 2.14. The zero-order valence-electron chi connectivity index (χ0n) is 10.5. The van der Waals surface area contributed by atoms with E-state index < -0.39 is 0 Å². The van der Waals surface area contributed by atoms with Crippen LogP contribution in [0, 0.1) is 6.92 Å². The quantitative estimate of drug-likeness (QED) is 0.769. The Hall–Kier alpha value is -2.20.